The summed E-state index contributed by atoms with van der Waals surface area (Å²) in [4.78, 5) is 23.8. The van der Waals surface area contributed by atoms with Crippen molar-refractivity contribution in [1.29, 1.82) is 0 Å². The lowest BCUT2D eigenvalue weighted by atomic mass is 9.69. The normalized spacial score (nSPS) is 16.5. The molecule has 19 heavy (non-hydrogen) atoms. The molecule has 0 aromatic carbocycles. The molecule has 3 N–H and O–H groups in total. The van der Waals surface area contributed by atoms with E-state index in [1.165, 1.54) is 0 Å². The lowest BCUT2D eigenvalue weighted by Gasteiger charge is -2.37. The molecule has 1 aromatic heterocycles. The third kappa shape index (κ3) is 3.48. The summed E-state index contributed by atoms with van der Waals surface area (Å²) in [5.74, 6) is -0.818. The molecule has 1 aromatic rings. The Balaban J connectivity index is 1.74. The fourth-order valence-corrected chi connectivity index (χ4v) is 3.42. The minimum atomic E-state index is -0.818. The summed E-state index contributed by atoms with van der Waals surface area (Å²) in [6.07, 6.45) is 2.19. The number of carbonyl (C=O) groups is 2. The van der Waals surface area contributed by atoms with Crippen molar-refractivity contribution in [3.63, 3.8) is 0 Å². The average Bonchev–Trinajstić information content (AvgIpc) is 2.70. The Morgan fingerprint density at radius 1 is 1.37 bits per heavy atom. The van der Waals surface area contributed by atoms with Crippen LogP contribution in [0, 0.1) is 5.41 Å². The molecule has 7 heteroatoms. The molecule has 5 nitrogen and oxygen atoms in total. The summed E-state index contributed by atoms with van der Waals surface area (Å²) in [5.41, 5.74) is -0.747. The quantitative estimate of drug-likeness (QED) is 0.766. The SMILES string of the molecule is O=C(NCc1ccc(Br)s1)NCC1(C(=O)O)CCC1. The van der Waals surface area contributed by atoms with Gasteiger partial charge in [-0.25, -0.2) is 4.79 Å². The molecule has 2 amide bonds. The number of hydrogen-bond donors (Lipinski definition) is 3. The van der Waals surface area contributed by atoms with E-state index in [4.69, 9.17) is 5.11 Å². The molecule has 0 atom stereocenters. The summed E-state index contributed by atoms with van der Waals surface area (Å²) >= 11 is 4.91. The molecule has 0 spiro atoms. The fraction of sp³-hybridized carbons (Fsp3) is 0.500. The van der Waals surface area contributed by atoms with Crippen LogP contribution in [0.3, 0.4) is 0 Å². The highest BCUT2D eigenvalue weighted by atomic mass is 79.9. The third-order valence-corrected chi connectivity index (χ3v) is 5.03. The number of urea groups is 1. The topological polar surface area (TPSA) is 78.4 Å². The fourth-order valence-electron chi connectivity index (χ4n) is 2.00. The van der Waals surface area contributed by atoms with Gasteiger partial charge in [0, 0.05) is 11.4 Å². The van der Waals surface area contributed by atoms with Crippen LogP contribution in [0.1, 0.15) is 24.1 Å². The standard InChI is InChI=1S/C12H15BrN2O3S/c13-9-3-2-8(19-9)6-14-11(18)15-7-12(10(16)17)4-1-5-12/h2-3H,1,4-7H2,(H,16,17)(H2,14,15,18). The number of thiophene rings is 1. The first-order chi connectivity index (χ1) is 9.02. The second-order valence-electron chi connectivity index (χ2n) is 4.68. The minimum Gasteiger partial charge on any atom is -0.481 e. The molecular formula is C12H15BrN2O3S. The van der Waals surface area contributed by atoms with Gasteiger partial charge in [0.15, 0.2) is 0 Å². The molecule has 2 rings (SSSR count). The number of hydrogen-bond acceptors (Lipinski definition) is 3. The van der Waals surface area contributed by atoms with Crippen LogP contribution in [0.5, 0.6) is 0 Å². The number of carbonyl (C=O) groups excluding carboxylic acids is 1. The van der Waals surface area contributed by atoms with Crippen LogP contribution in [-0.4, -0.2) is 23.7 Å². The maximum Gasteiger partial charge on any atom is 0.315 e. The molecule has 1 aliphatic carbocycles. The zero-order valence-corrected chi connectivity index (χ0v) is 12.6. The number of halogens is 1. The zero-order chi connectivity index (χ0) is 13.9. The Morgan fingerprint density at radius 2 is 2.11 bits per heavy atom. The number of rotatable bonds is 5. The first kappa shape index (κ1) is 14.3. The molecule has 0 unspecified atom stereocenters. The Kier molecular flexibility index (Phi) is 4.46. The van der Waals surface area contributed by atoms with Crippen molar-refractivity contribution < 1.29 is 14.7 Å². The van der Waals surface area contributed by atoms with Crippen LogP contribution in [0.4, 0.5) is 4.79 Å². The number of aliphatic carboxylic acids is 1. The predicted molar refractivity (Wildman–Crippen MR) is 76.2 cm³/mol. The molecule has 0 bridgehead atoms. The Hall–Kier alpha value is -1.08. The van der Waals surface area contributed by atoms with Crippen LogP contribution < -0.4 is 10.6 Å². The number of carboxylic acid groups (broad SMARTS) is 1. The van der Waals surface area contributed by atoms with Gasteiger partial charge in [-0.15, -0.1) is 11.3 Å². The van der Waals surface area contributed by atoms with Crippen LogP contribution in [0.2, 0.25) is 0 Å². The van der Waals surface area contributed by atoms with Crippen LogP contribution in [0.15, 0.2) is 15.9 Å². The van der Waals surface area contributed by atoms with Gasteiger partial charge in [0.1, 0.15) is 0 Å². The van der Waals surface area contributed by atoms with Gasteiger partial charge < -0.3 is 15.7 Å². The first-order valence-electron chi connectivity index (χ1n) is 6.01. The maximum atomic E-state index is 11.6. The largest absolute Gasteiger partial charge is 0.481 e. The highest BCUT2D eigenvalue weighted by molar-refractivity contribution is 9.11. The second-order valence-corrected chi connectivity index (χ2v) is 7.23. The molecule has 104 valence electrons. The Morgan fingerprint density at radius 3 is 2.58 bits per heavy atom. The van der Waals surface area contributed by atoms with E-state index < -0.39 is 11.4 Å². The van der Waals surface area contributed by atoms with Gasteiger partial charge in [0.05, 0.1) is 15.7 Å². The lowest BCUT2D eigenvalue weighted by molar-refractivity contribution is -0.153. The van der Waals surface area contributed by atoms with E-state index in [1.807, 2.05) is 12.1 Å². The summed E-state index contributed by atoms with van der Waals surface area (Å²) in [6.45, 7) is 0.643. The third-order valence-electron chi connectivity index (χ3n) is 3.40. The van der Waals surface area contributed by atoms with Crippen molar-refractivity contribution in [2.24, 2.45) is 5.41 Å². The van der Waals surface area contributed by atoms with Gasteiger partial charge in [0.2, 0.25) is 0 Å². The van der Waals surface area contributed by atoms with Crippen molar-refractivity contribution in [1.82, 2.24) is 10.6 Å². The number of amides is 2. The van der Waals surface area contributed by atoms with Gasteiger partial charge in [-0.2, -0.15) is 0 Å². The Labute approximate surface area is 123 Å². The van der Waals surface area contributed by atoms with Crippen molar-refractivity contribution in [2.45, 2.75) is 25.8 Å². The first-order valence-corrected chi connectivity index (χ1v) is 7.62. The van der Waals surface area contributed by atoms with E-state index >= 15 is 0 Å². The van der Waals surface area contributed by atoms with Gasteiger partial charge in [0.25, 0.3) is 0 Å². The summed E-state index contributed by atoms with van der Waals surface area (Å²) in [7, 11) is 0. The molecule has 0 radical (unpaired) electrons. The van der Waals surface area contributed by atoms with Crippen LogP contribution in [-0.2, 0) is 11.3 Å². The second kappa shape index (κ2) is 5.92. The highest BCUT2D eigenvalue weighted by Crippen LogP contribution is 2.40. The van der Waals surface area contributed by atoms with Crippen molar-refractivity contribution in [3.8, 4) is 0 Å². The van der Waals surface area contributed by atoms with E-state index in [9.17, 15) is 9.59 Å². The molecule has 0 saturated heterocycles. The minimum absolute atomic E-state index is 0.197. The van der Waals surface area contributed by atoms with Crippen molar-refractivity contribution >= 4 is 39.3 Å². The molecule has 0 aliphatic heterocycles. The van der Waals surface area contributed by atoms with E-state index in [1.54, 1.807) is 11.3 Å². The zero-order valence-electron chi connectivity index (χ0n) is 10.2. The summed E-state index contributed by atoms with van der Waals surface area (Å²) in [6, 6.07) is 3.53. The summed E-state index contributed by atoms with van der Waals surface area (Å²) < 4.78 is 1.02. The van der Waals surface area contributed by atoms with E-state index in [2.05, 4.69) is 26.6 Å². The Bertz CT molecular complexity index is 485. The highest BCUT2D eigenvalue weighted by Gasteiger charge is 2.44. The van der Waals surface area contributed by atoms with Gasteiger partial charge >= 0.3 is 12.0 Å². The van der Waals surface area contributed by atoms with E-state index in [0.29, 0.717) is 19.4 Å². The van der Waals surface area contributed by atoms with Crippen molar-refractivity contribution in [2.75, 3.05) is 6.54 Å². The van der Waals surface area contributed by atoms with E-state index in [0.717, 1.165) is 15.1 Å². The van der Waals surface area contributed by atoms with E-state index in [-0.39, 0.29) is 12.6 Å². The van der Waals surface area contributed by atoms with Gasteiger partial charge in [-0.1, -0.05) is 6.42 Å². The van der Waals surface area contributed by atoms with Crippen LogP contribution >= 0.6 is 27.3 Å². The predicted octanol–water partition coefficient (Wildman–Crippen LogP) is 2.56. The van der Waals surface area contributed by atoms with Gasteiger partial charge in [-0.3, -0.25) is 4.79 Å². The molecule has 1 heterocycles. The average molecular weight is 347 g/mol. The number of carboxylic acids is 1. The smallest absolute Gasteiger partial charge is 0.315 e. The molecule has 1 saturated carbocycles. The van der Waals surface area contributed by atoms with Gasteiger partial charge in [-0.05, 0) is 40.9 Å². The summed E-state index contributed by atoms with van der Waals surface area (Å²) in [5, 5.41) is 14.5. The molecule has 1 fully saturated rings. The number of nitrogens with one attached hydrogen (secondary N) is 2. The lowest BCUT2D eigenvalue weighted by Crippen LogP contribution is -2.49. The molecular weight excluding hydrogens is 332 g/mol. The maximum absolute atomic E-state index is 11.6. The molecule has 1 aliphatic rings. The van der Waals surface area contributed by atoms with Crippen LogP contribution in [0.25, 0.3) is 0 Å². The van der Waals surface area contributed by atoms with Crippen molar-refractivity contribution in [3.05, 3.63) is 20.8 Å². The monoisotopic (exact) mass is 346 g/mol.